The molecule has 0 aliphatic heterocycles. The average Bonchev–Trinajstić information content (AvgIpc) is 2.32. The van der Waals surface area contributed by atoms with Gasteiger partial charge in [0.15, 0.2) is 0 Å². The molecule has 0 radical (unpaired) electrons. The van der Waals surface area contributed by atoms with Crippen LogP contribution in [0.4, 0.5) is 5.95 Å². The summed E-state index contributed by atoms with van der Waals surface area (Å²) in [4.78, 5) is 8.20. The zero-order chi connectivity index (χ0) is 11.4. The van der Waals surface area contributed by atoms with Gasteiger partial charge in [0.2, 0.25) is 5.95 Å². The Balaban J connectivity index is 2.08. The minimum absolute atomic E-state index is 0.350. The summed E-state index contributed by atoms with van der Waals surface area (Å²) < 4.78 is 1.07. The van der Waals surface area contributed by atoms with Gasteiger partial charge in [0.25, 0.3) is 0 Å². The number of rotatable bonds is 3. The number of aryl methyl sites for hydroxylation is 2. The highest BCUT2D eigenvalue weighted by Gasteiger charge is 2.03. The second-order valence-corrected chi connectivity index (χ2v) is 4.67. The lowest BCUT2D eigenvalue weighted by molar-refractivity contribution is 0.896. The van der Waals surface area contributed by atoms with E-state index in [0.29, 0.717) is 5.95 Å². The maximum absolute atomic E-state index is 5.57. The Labute approximate surface area is 108 Å². The van der Waals surface area contributed by atoms with E-state index < -0.39 is 0 Å². The molecule has 2 aromatic rings. The van der Waals surface area contributed by atoms with Crippen molar-refractivity contribution in [1.29, 1.82) is 0 Å². The number of nitrogens with two attached hydrogens (primary N) is 1. The van der Waals surface area contributed by atoms with Crippen LogP contribution >= 0.6 is 22.6 Å². The van der Waals surface area contributed by atoms with Crippen molar-refractivity contribution in [3.05, 3.63) is 51.4 Å². The van der Waals surface area contributed by atoms with Crippen molar-refractivity contribution in [1.82, 2.24) is 9.97 Å². The van der Waals surface area contributed by atoms with Crippen molar-refractivity contribution in [2.75, 3.05) is 5.73 Å². The van der Waals surface area contributed by atoms with Crippen LogP contribution in [0.25, 0.3) is 0 Å². The fraction of sp³-hybridized carbons (Fsp3) is 0.167. The molecule has 0 spiro atoms. The van der Waals surface area contributed by atoms with Crippen molar-refractivity contribution in [3.63, 3.8) is 0 Å². The Morgan fingerprint density at radius 1 is 1.12 bits per heavy atom. The summed E-state index contributed by atoms with van der Waals surface area (Å²) in [5, 5.41) is 0. The standard InChI is InChI=1S/C12H12IN3/c13-10-8-15-12(14)16-11(10)7-6-9-4-2-1-3-5-9/h1-5,8H,6-7H2,(H2,14,15,16). The lowest BCUT2D eigenvalue weighted by Crippen LogP contribution is -2.03. The topological polar surface area (TPSA) is 51.8 Å². The Morgan fingerprint density at radius 3 is 2.62 bits per heavy atom. The summed E-state index contributed by atoms with van der Waals surface area (Å²) in [5.74, 6) is 0.350. The Kier molecular flexibility index (Phi) is 3.71. The molecule has 0 aliphatic rings. The molecule has 1 aromatic heterocycles. The maximum Gasteiger partial charge on any atom is 0.220 e. The van der Waals surface area contributed by atoms with Crippen molar-refractivity contribution in [2.24, 2.45) is 0 Å². The molecule has 0 saturated carbocycles. The molecule has 3 nitrogen and oxygen atoms in total. The van der Waals surface area contributed by atoms with E-state index in [1.165, 1.54) is 5.56 Å². The van der Waals surface area contributed by atoms with Gasteiger partial charge in [0.1, 0.15) is 0 Å². The van der Waals surface area contributed by atoms with Crippen LogP contribution in [0.2, 0.25) is 0 Å². The summed E-state index contributed by atoms with van der Waals surface area (Å²) in [6, 6.07) is 10.4. The zero-order valence-electron chi connectivity index (χ0n) is 8.73. The number of halogens is 1. The summed E-state index contributed by atoms with van der Waals surface area (Å²) in [7, 11) is 0. The lowest BCUT2D eigenvalue weighted by Gasteiger charge is -2.04. The van der Waals surface area contributed by atoms with E-state index in [1.807, 2.05) is 6.07 Å². The number of nitrogen functional groups attached to an aromatic ring is 1. The number of anilines is 1. The van der Waals surface area contributed by atoms with Gasteiger partial charge in [-0.2, -0.15) is 0 Å². The second-order valence-electron chi connectivity index (χ2n) is 3.51. The molecule has 0 amide bonds. The zero-order valence-corrected chi connectivity index (χ0v) is 10.9. The average molecular weight is 325 g/mol. The molecule has 2 rings (SSSR count). The van der Waals surface area contributed by atoms with Gasteiger partial charge < -0.3 is 5.73 Å². The fourth-order valence-corrected chi connectivity index (χ4v) is 2.03. The van der Waals surface area contributed by atoms with Crippen molar-refractivity contribution < 1.29 is 0 Å². The third-order valence-corrected chi connectivity index (χ3v) is 3.23. The van der Waals surface area contributed by atoms with E-state index in [0.717, 1.165) is 22.1 Å². The van der Waals surface area contributed by atoms with Crippen molar-refractivity contribution in [3.8, 4) is 0 Å². The highest BCUT2D eigenvalue weighted by Crippen LogP contribution is 2.12. The van der Waals surface area contributed by atoms with Crippen LogP contribution < -0.4 is 5.73 Å². The van der Waals surface area contributed by atoms with Crippen LogP contribution in [-0.4, -0.2) is 9.97 Å². The minimum atomic E-state index is 0.350. The molecule has 0 atom stereocenters. The molecule has 82 valence electrons. The molecular formula is C12H12IN3. The number of nitrogens with zero attached hydrogens (tertiary/aromatic N) is 2. The van der Waals surface area contributed by atoms with Crippen LogP contribution in [0.15, 0.2) is 36.5 Å². The normalized spacial score (nSPS) is 10.3. The Morgan fingerprint density at radius 2 is 1.88 bits per heavy atom. The number of hydrogen-bond acceptors (Lipinski definition) is 3. The molecule has 0 fully saturated rings. The smallest absolute Gasteiger partial charge is 0.220 e. The molecule has 2 N–H and O–H groups in total. The maximum atomic E-state index is 5.57. The van der Waals surface area contributed by atoms with Gasteiger partial charge in [-0.15, -0.1) is 0 Å². The Hall–Kier alpha value is -1.17. The molecule has 4 heteroatoms. The van der Waals surface area contributed by atoms with Gasteiger partial charge in [0.05, 0.1) is 9.26 Å². The van der Waals surface area contributed by atoms with E-state index in [1.54, 1.807) is 6.20 Å². The number of benzene rings is 1. The summed E-state index contributed by atoms with van der Waals surface area (Å²) in [5.41, 5.74) is 7.91. The van der Waals surface area contributed by atoms with E-state index in [9.17, 15) is 0 Å². The van der Waals surface area contributed by atoms with Crippen molar-refractivity contribution >= 4 is 28.5 Å². The quantitative estimate of drug-likeness (QED) is 0.882. The first-order valence-electron chi connectivity index (χ1n) is 5.06. The van der Waals surface area contributed by atoms with Crippen LogP contribution in [0.3, 0.4) is 0 Å². The van der Waals surface area contributed by atoms with E-state index >= 15 is 0 Å². The summed E-state index contributed by atoms with van der Waals surface area (Å²) in [6.07, 6.45) is 3.64. The van der Waals surface area contributed by atoms with Gasteiger partial charge >= 0.3 is 0 Å². The summed E-state index contributed by atoms with van der Waals surface area (Å²) in [6.45, 7) is 0. The molecule has 0 aliphatic carbocycles. The molecule has 0 saturated heterocycles. The molecule has 0 bridgehead atoms. The van der Waals surface area contributed by atoms with Gasteiger partial charge in [-0.05, 0) is 41.0 Å². The molecule has 1 aromatic carbocycles. The fourth-order valence-electron chi connectivity index (χ4n) is 1.50. The van der Waals surface area contributed by atoms with Crippen LogP contribution in [0.5, 0.6) is 0 Å². The largest absolute Gasteiger partial charge is 0.368 e. The summed E-state index contributed by atoms with van der Waals surface area (Å²) >= 11 is 2.24. The minimum Gasteiger partial charge on any atom is -0.368 e. The van der Waals surface area contributed by atoms with E-state index in [2.05, 4.69) is 56.8 Å². The Bertz CT molecular complexity index is 471. The first kappa shape index (κ1) is 11.3. The molecule has 1 heterocycles. The predicted molar refractivity (Wildman–Crippen MR) is 73.0 cm³/mol. The first-order chi connectivity index (χ1) is 7.75. The van der Waals surface area contributed by atoms with Gasteiger partial charge in [-0.1, -0.05) is 30.3 Å². The highest BCUT2D eigenvalue weighted by molar-refractivity contribution is 14.1. The van der Waals surface area contributed by atoms with E-state index in [4.69, 9.17) is 5.73 Å². The molecule has 0 unspecified atom stereocenters. The number of hydrogen-bond donors (Lipinski definition) is 1. The van der Waals surface area contributed by atoms with Crippen molar-refractivity contribution in [2.45, 2.75) is 12.8 Å². The van der Waals surface area contributed by atoms with Gasteiger partial charge in [-0.3, -0.25) is 0 Å². The van der Waals surface area contributed by atoms with Gasteiger partial charge in [0, 0.05) is 6.20 Å². The first-order valence-corrected chi connectivity index (χ1v) is 6.14. The SMILES string of the molecule is Nc1ncc(I)c(CCc2ccccc2)n1. The number of aromatic nitrogens is 2. The van der Waals surface area contributed by atoms with Crippen LogP contribution in [0, 0.1) is 3.57 Å². The van der Waals surface area contributed by atoms with E-state index in [-0.39, 0.29) is 0 Å². The van der Waals surface area contributed by atoms with Gasteiger partial charge in [-0.25, -0.2) is 9.97 Å². The van der Waals surface area contributed by atoms with Crippen LogP contribution in [-0.2, 0) is 12.8 Å². The molecule has 16 heavy (non-hydrogen) atoms. The highest BCUT2D eigenvalue weighted by atomic mass is 127. The second kappa shape index (κ2) is 5.25. The lowest BCUT2D eigenvalue weighted by atomic mass is 10.1. The van der Waals surface area contributed by atoms with Crippen LogP contribution in [0.1, 0.15) is 11.3 Å². The monoisotopic (exact) mass is 325 g/mol. The molecular weight excluding hydrogens is 313 g/mol. The third-order valence-electron chi connectivity index (χ3n) is 2.33. The predicted octanol–water partition coefficient (Wildman–Crippen LogP) is 2.45. The third kappa shape index (κ3) is 2.91.